The number of fused-ring (bicyclic) bond motifs is 1. The molecule has 11 heteroatoms. The highest BCUT2D eigenvalue weighted by Gasteiger charge is 2.31. The van der Waals surface area contributed by atoms with Crippen LogP contribution in [0.1, 0.15) is 68.4 Å². The van der Waals surface area contributed by atoms with Gasteiger partial charge in [-0.25, -0.2) is 15.0 Å². The van der Waals surface area contributed by atoms with Gasteiger partial charge in [-0.05, 0) is 25.2 Å². The maximum Gasteiger partial charge on any atom is 0.264 e. The van der Waals surface area contributed by atoms with Crippen LogP contribution in [-0.2, 0) is 32.1 Å². The molecule has 4 heterocycles. The molecule has 10 nitrogen and oxygen atoms in total. The van der Waals surface area contributed by atoms with Gasteiger partial charge in [0.05, 0.1) is 18.6 Å². The number of anilines is 2. The molecule has 1 saturated heterocycles. The number of amides is 1. The summed E-state index contributed by atoms with van der Waals surface area (Å²) in [6.45, 7) is 6.37. The summed E-state index contributed by atoms with van der Waals surface area (Å²) in [6, 6.07) is 0. The monoisotopic (exact) mass is 476 g/mol. The second kappa shape index (κ2) is 9.76. The van der Waals surface area contributed by atoms with E-state index < -0.39 is 10.1 Å². The first-order valence-electron chi connectivity index (χ1n) is 11.5. The van der Waals surface area contributed by atoms with Crippen LogP contribution in [0.15, 0.2) is 12.5 Å². The summed E-state index contributed by atoms with van der Waals surface area (Å²) in [4.78, 5) is 27.9. The van der Waals surface area contributed by atoms with E-state index in [4.69, 9.17) is 9.17 Å². The lowest BCUT2D eigenvalue weighted by atomic mass is 9.92. The van der Waals surface area contributed by atoms with Gasteiger partial charge in [0.15, 0.2) is 0 Å². The molecular weight excluding hydrogens is 444 g/mol. The molecule has 1 N–H and O–H groups in total. The zero-order chi connectivity index (χ0) is 23.6. The van der Waals surface area contributed by atoms with Crippen molar-refractivity contribution in [2.75, 3.05) is 36.2 Å². The Bertz CT molecular complexity index is 1110. The van der Waals surface area contributed by atoms with Gasteiger partial charge in [0.1, 0.15) is 23.8 Å². The largest absolute Gasteiger partial charge is 0.356 e. The molecule has 2 aliphatic rings. The Kier molecular flexibility index (Phi) is 6.99. The molecule has 2 aliphatic heterocycles. The Morgan fingerprint density at radius 1 is 1.24 bits per heavy atom. The molecule has 180 valence electrons. The lowest BCUT2D eigenvalue weighted by Gasteiger charge is -2.35. The van der Waals surface area contributed by atoms with Crippen molar-refractivity contribution in [3.8, 4) is 0 Å². The molecule has 2 aromatic rings. The lowest BCUT2D eigenvalue weighted by Crippen LogP contribution is -2.36. The van der Waals surface area contributed by atoms with Gasteiger partial charge in [-0.1, -0.05) is 20.3 Å². The molecule has 0 spiro atoms. The van der Waals surface area contributed by atoms with Crippen LogP contribution in [0.5, 0.6) is 0 Å². The number of carbonyl (C=O) groups excluding carboxylic acids is 1. The number of nitrogens with zero attached hydrogens (tertiary/aromatic N) is 5. The maximum atomic E-state index is 11.9. The number of rotatable bonds is 8. The predicted octanol–water partition coefficient (Wildman–Crippen LogP) is 2.43. The molecule has 0 aromatic carbocycles. The Labute approximate surface area is 194 Å². The SMILES string of the molecule is CCCc1cn(CCOS(C)(=O)=O)c(C2CCN(c3ncnc4c3[C@H](C)CC(=O)N4)CC2)n1. The van der Waals surface area contributed by atoms with Crippen LogP contribution in [0, 0.1) is 0 Å². The summed E-state index contributed by atoms with van der Waals surface area (Å²) in [5, 5.41) is 2.87. The number of imidazole rings is 1. The average Bonchev–Trinajstić information content (AvgIpc) is 3.15. The fourth-order valence-electron chi connectivity index (χ4n) is 4.76. The Morgan fingerprint density at radius 3 is 2.70 bits per heavy atom. The molecule has 4 rings (SSSR count). The lowest BCUT2D eigenvalue weighted by molar-refractivity contribution is -0.116. The van der Waals surface area contributed by atoms with Crippen LogP contribution in [0.4, 0.5) is 11.6 Å². The van der Waals surface area contributed by atoms with Gasteiger partial charge < -0.3 is 14.8 Å². The van der Waals surface area contributed by atoms with E-state index >= 15 is 0 Å². The first-order valence-corrected chi connectivity index (χ1v) is 13.4. The second-order valence-corrected chi connectivity index (χ2v) is 10.6. The van der Waals surface area contributed by atoms with E-state index in [0.29, 0.717) is 18.8 Å². The van der Waals surface area contributed by atoms with E-state index in [1.165, 1.54) is 6.33 Å². The third-order valence-corrected chi connectivity index (χ3v) is 6.85. The van der Waals surface area contributed by atoms with Gasteiger partial charge in [0, 0.05) is 43.7 Å². The van der Waals surface area contributed by atoms with Crippen molar-refractivity contribution in [2.24, 2.45) is 0 Å². The average molecular weight is 477 g/mol. The quantitative estimate of drug-likeness (QED) is 0.577. The van der Waals surface area contributed by atoms with E-state index in [1.54, 1.807) is 0 Å². The van der Waals surface area contributed by atoms with Gasteiger partial charge in [0.25, 0.3) is 10.1 Å². The van der Waals surface area contributed by atoms with Crippen molar-refractivity contribution in [3.05, 3.63) is 29.6 Å². The predicted molar refractivity (Wildman–Crippen MR) is 125 cm³/mol. The van der Waals surface area contributed by atoms with Crippen LogP contribution in [0.2, 0.25) is 0 Å². The maximum absolute atomic E-state index is 11.9. The summed E-state index contributed by atoms with van der Waals surface area (Å²) >= 11 is 0. The third kappa shape index (κ3) is 5.52. The minimum absolute atomic E-state index is 0.00655. The van der Waals surface area contributed by atoms with Crippen LogP contribution in [-0.4, -0.2) is 59.8 Å². The van der Waals surface area contributed by atoms with Crippen molar-refractivity contribution >= 4 is 27.7 Å². The van der Waals surface area contributed by atoms with E-state index in [0.717, 1.165) is 67.9 Å². The highest BCUT2D eigenvalue weighted by molar-refractivity contribution is 7.85. The van der Waals surface area contributed by atoms with Gasteiger partial charge in [0.2, 0.25) is 5.91 Å². The molecular formula is C22H32N6O4S. The minimum atomic E-state index is -3.47. The Balaban J connectivity index is 1.48. The molecule has 0 bridgehead atoms. The summed E-state index contributed by atoms with van der Waals surface area (Å²) in [7, 11) is -3.47. The van der Waals surface area contributed by atoms with Gasteiger partial charge >= 0.3 is 0 Å². The van der Waals surface area contributed by atoms with E-state index in [9.17, 15) is 13.2 Å². The van der Waals surface area contributed by atoms with E-state index in [1.807, 2.05) is 13.1 Å². The number of hydrogen-bond donors (Lipinski definition) is 1. The molecule has 2 aromatic heterocycles. The normalized spacial score (nSPS) is 19.4. The minimum Gasteiger partial charge on any atom is -0.356 e. The Hall–Kier alpha value is -2.53. The smallest absolute Gasteiger partial charge is 0.264 e. The second-order valence-electron chi connectivity index (χ2n) is 8.93. The topological polar surface area (TPSA) is 119 Å². The van der Waals surface area contributed by atoms with Crippen molar-refractivity contribution in [1.82, 2.24) is 19.5 Å². The van der Waals surface area contributed by atoms with Gasteiger partial charge in [-0.2, -0.15) is 8.42 Å². The first kappa shape index (κ1) is 23.6. The molecule has 1 atom stereocenters. The zero-order valence-electron chi connectivity index (χ0n) is 19.5. The fourth-order valence-corrected chi connectivity index (χ4v) is 5.14. The van der Waals surface area contributed by atoms with Crippen LogP contribution >= 0.6 is 0 Å². The zero-order valence-corrected chi connectivity index (χ0v) is 20.3. The molecule has 0 aliphatic carbocycles. The Morgan fingerprint density at radius 2 is 2.00 bits per heavy atom. The van der Waals surface area contributed by atoms with Crippen molar-refractivity contribution in [3.63, 3.8) is 0 Å². The van der Waals surface area contributed by atoms with E-state index in [2.05, 4.69) is 31.7 Å². The third-order valence-electron chi connectivity index (χ3n) is 6.26. The summed E-state index contributed by atoms with van der Waals surface area (Å²) in [6.07, 6.45) is 8.77. The number of aryl methyl sites for hydroxylation is 1. The molecule has 33 heavy (non-hydrogen) atoms. The van der Waals surface area contributed by atoms with Crippen molar-refractivity contribution < 1.29 is 17.4 Å². The summed E-state index contributed by atoms with van der Waals surface area (Å²) < 4.78 is 29.7. The number of carbonyl (C=O) groups is 1. The van der Waals surface area contributed by atoms with Gasteiger partial charge in [-0.15, -0.1) is 0 Å². The standard InChI is InChI=1S/C22H32N6O4S/c1-4-5-17-13-28(10-11-32-33(3,30)31)21(25-17)16-6-8-27(9-7-16)22-19-15(2)12-18(29)26-20(19)23-14-24-22/h13-16H,4-12H2,1-3H3,(H,23,24,26,29)/t15-/m1/s1. The number of piperidine rings is 1. The van der Waals surface area contributed by atoms with Crippen molar-refractivity contribution in [1.29, 1.82) is 0 Å². The number of nitrogens with one attached hydrogen (secondary N) is 1. The molecule has 1 amide bonds. The number of aromatic nitrogens is 4. The highest BCUT2D eigenvalue weighted by Crippen LogP contribution is 2.38. The number of hydrogen-bond acceptors (Lipinski definition) is 8. The first-order chi connectivity index (χ1) is 15.7. The summed E-state index contributed by atoms with van der Waals surface area (Å²) in [5.41, 5.74) is 2.05. The van der Waals surface area contributed by atoms with Crippen LogP contribution < -0.4 is 10.2 Å². The van der Waals surface area contributed by atoms with Gasteiger partial charge in [-0.3, -0.25) is 8.98 Å². The molecule has 0 unspecified atom stereocenters. The summed E-state index contributed by atoms with van der Waals surface area (Å²) in [5.74, 6) is 2.88. The fraction of sp³-hybridized carbons (Fsp3) is 0.636. The molecule has 1 fully saturated rings. The van der Waals surface area contributed by atoms with Crippen LogP contribution in [0.25, 0.3) is 0 Å². The molecule has 0 radical (unpaired) electrons. The van der Waals surface area contributed by atoms with Crippen LogP contribution in [0.3, 0.4) is 0 Å². The highest BCUT2D eigenvalue weighted by atomic mass is 32.2. The van der Waals surface area contributed by atoms with E-state index in [-0.39, 0.29) is 24.3 Å². The molecule has 0 saturated carbocycles. The van der Waals surface area contributed by atoms with Crippen molar-refractivity contribution in [2.45, 2.75) is 64.3 Å².